The number of benzene rings is 2. The van der Waals surface area contributed by atoms with Crippen LogP contribution in [0.4, 0.5) is 5.13 Å². The summed E-state index contributed by atoms with van der Waals surface area (Å²) in [5, 5.41) is 6.12. The number of hydrogen-bond donors (Lipinski definition) is 1. The van der Waals surface area contributed by atoms with Crippen molar-refractivity contribution in [2.45, 2.75) is 17.8 Å². The molecule has 4 rings (SSSR count). The van der Waals surface area contributed by atoms with Crippen LogP contribution in [0.15, 0.2) is 71.3 Å². The molecule has 152 valence electrons. The van der Waals surface area contributed by atoms with Crippen LogP contribution in [0.2, 0.25) is 0 Å². The number of imidazole rings is 1. The van der Waals surface area contributed by atoms with Crippen molar-refractivity contribution in [1.29, 1.82) is 0 Å². The van der Waals surface area contributed by atoms with Crippen molar-refractivity contribution in [2.24, 2.45) is 0 Å². The number of methoxy groups -OCH3 is 1. The maximum atomic E-state index is 11.2. The van der Waals surface area contributed by atoms with Crippen molar-refractivity contribution in [3.05, 3.63) is 71.9 Å². The highest BCUT2D eigenvalue weighted by Gasteiger charge is 2.17. The third kappa shape index (κ3) is 4.39. The van der Waals surface area contributed by atoms with E-state index in [2.05, 4.69) is 27.0 Å². The minimum Gasteiger partial charge on any atom is -0.495 e. The van der Waals surface area contributed by atoms with E-state index < -0.39 is 0 Å². The molecular formula is C22H20N4O2S2. The SMILES string of the molecule is COc1ccccc1-n1c(-c2ccccc2)cnc1SCc1csc(NC(C)=O)n1. The molecule has 1 N–H and O–H groups in total. The lowest BCUT2D eigenvalue weighted by Gasteiger charge is -2.15. The van der Waals surface area contributed by atoms with Crippen molar-refractivity contribution in [3.8, 4) is 22.7 Å². The number of nitrogens with zero attached hydrogens (tertiary/aromatic N) is 3. The van der Waals surface area contributed by atoms with Gasteiger partial charge in [-0.2, -0.15) is 0 Å². The fourth-order valence-electron chi connectivity index (χ4n) is 3.02. The van der Waals surface area contributed by atoms with Crippen molar-refractivity contribution >= 4 is 34.1 Å². The Morgan fingerprint density at radius 2 is 1.93 bits per heavy atom. The minimum atomic E-state index is -0.122. The largest absolute Gasteiger partial charge is 0.495 e. The summed E-state index contributed by atoms with van der Waals surface area (Å²) < 4.78 is 7.72. The Morgan fingerprint density at radius 1 is 1.17 bits per heavy atom. The van der Waals surface area contributed by atoms with Gasteiger partial charge in [-0.15, -0.1) is 11.3 Å². The second kappa shape index (κ2) is 9.15. The average Bonchev–Trinajstić information content (AvgIpc) is 3.39. The number of carbonyl (C=O) groups excluding carboxylic acids is 1. The highest BCUT2D eigenvalue weighted by Crippen LogP contribution is 2.35. The van der Waals surface area contributed by atoms with Crippen LogP contribution in [-0.4, -0.2) is 27.6 Å². The number of aromatic nitrogens is 3. The van der Waals surface area contributed by atoms with E-state index in [4.69, 9.17) is 9.72 Å². The molecule has 0 fully saturated rings. The molecule has 0 atom stereocenters. The number of thioether (sulfide) groups is 1. The van der Waals surface area contributed by atoms with Gasteiger partial charge in [0.25, 0.3) is 0 Å². The highest BCUT2D eigenvalue weighted by atomic mass is 32.2. The second-order valence-corrected chi connectivity index (χ2v) is 8.21. The van der Waals surface area contributed by atoms with Crippen molar-refractivity contribution < 1.29 is 9.53 Å². The van der Waals surface area contributed by atoms with Crippen LogP contribution >= 0.6 is 23.1 Å². The lowest BCUT2D eigenvalue weighted by atomic mass is 10.1. The molecule has 0 spiro atoms. The number of hydrogen-bond acceptors (Lipinski definition) is 6. The van der Waals surface area contributed by atoms with Crippen molar-refractivity contribution in [3.63, 3.8) is 0 Å². The van der Waals surface area contributed by atoms with Gasteiger partial charge in [-0.05, 0) is 12.1 Å². The monoisotopic (exact) mass is 436 g/mol. The van der Waals surface area contributed by atoms with E-state index in [1.54, 1.807) is 18.9 Å². The van der Waals surface area contributed by atoms with Gasteiger partial charge < -0.3 is 10.1 Å². The number of anilines is 1. The standard InChI is InChI=1S/C22H20N4O2S2/c1-15(27)24-21-25-17(13-29-21)14-30-22-23-12-19(16-8-4-3-5-9-16)26(22)18-10-6-7-11-20(18)28-2/h3-13H,14H2,1-2H3,(H,24,25,27). The highest BCUT2D eigenvalue weighted by molar-refractivity contribution is 7.98. The van der Waals surface area contributed by atoms with E-state index in [9.17, 15) is 4.79 Å². The molecule has 2 aromatic carbocycles. The number of ether oxygens (including phenoxy) is 1. The first-order chi connectivity index (χ1) is 14.7. The van der Waals surface area contributed by atoms with Gasteiger partial charge in [-0.1, -0.05) is 54.2 Å². The predicted octanol–water partition coefficient (Wildman–Crippen LogP) is 5.26. The first-order valence-corrected chi connectivity index (χ1v) is 11.1. The van der Waals surface area contributed by atoms with E-state index in [0.717, 1.165) is 33.5 Å². The third-order valence-electron chi connectivity index (χ3n) is 4.31. The second-order valence-electron chi connectivity index (χ2n) is 6.41. The van der Waals surface area contributed by atoms with Crippen LogP contribution in [0.1, 0.15) is 12.6 Å². The topological polar surface area (TPSA) is 69.0 Å². The minimum absolute atomic E-state index is 0.122. The Labute approximate surface area is 183 Å². The molecule has 1 amide bonds. The fraction of sp³-hybridized carbons (Fsp3) is 0.136. The summed E-state index contributed by atoms with van der Waals surface area (Å²) in [5.41, 5.74) is 3.88. The zero-order valence-electron chi connectivity index (χ0n) is 16.5. The van der Waals surface area contributed by atoms with Gasteiger partial charge in [0.1, 0.15) is 5.75 Å². The van der Waals surface area contributed by atoms with Crippen LogP contribution in [0.3, 0.4) is 0 Å². The maximum absolute atomic E-state index is 11.2. The summed E-state index contributed by atoms with van der Waals surface area (Å²) in [4.78, 5) is 20.4. The van der Waals surface area contributed by atoms with E-state index in [1.807, 2.05) is 54.0 Å². The quantitative estimate of drug-likeness (QED) is 0.401. The number of thiazole rings is 1. The molecular weight excluding hydrogens is 416 g/mol. The first-order valence-electron chi connectivity index (χ1n) is 9.27. The van der Waals surface area contributed by atoms with E-state index in [0.29, 0.717) is 10.9 Å². The first kappa shape index (κ1) is 20.2. The summed E-state index contributed by atoms with van der Waals surface area (Å²) in [6.45, 7) is 1.48. The Kier molecular flexibility index (Phi) is 6.15. The summed E-state index contributed by atoms with van der Waals surface area (Å²) in [7, 11) is 1.67. The third-order valence-corrected chi connectivity index (χ3v) is 6.10. The lowest BCUT2D eigenvalue weighted by molar-refractivity contribution is -0.114. The maximum Gasteiger partial charge on any atom is 0.223 e. The van der Waals surface area contributed by atoms with Crippen molar-refractivity contribution in [1.82, 2.24) is 14.5 Å². The number of rotatable bonds is 7. The Hall–Kier alpha value is -3.10. The van der Waals surface area contributed by atoms with E-state index >= 15 is 0 Å². The summed E-state index contributed by atoms with van der Waals surface area (Å²) in [6, 6.07) is 18.1. The number of nitrogens with one attached hydrogen (secondary N) is 1. The molecule has 0 aliphatic heterocycles. The molecule has 30 heavy (non-hydrogen) atoms. The molecule has 0 saturated carbocycles. The average molecular weight is 437 g/mol. The number of carbonyl (C=O) groups is 1. The Morgan fingerprint density at radius 3 is 2.70 bits per heavy atom. The smallest absolute Gasteiger partial charge is 0.223 e. The Balaban J connectivity index is 1.69. The molecule has 0 saturated heterocycles. The summed E-state index contributed by atoms with van der Waals surface area (Å²) in [6.07, 6.45) is 1.88. The molecule has 0 radical (unpaired) electrons. The lowest BCUT2D eigenvalue weighted by Crippen LogP contribution is -2.05. The van der Waals surface area contributed by atoms with Gasteiger partial charge in [0.15, 0.2) is 10.3 Å². The molecule has 2 aromatic heterocycles. The van der Waals surface area contributed by atoms with Crippen LogP contribution in [0, 0.1) is 0 Å². The molecule has 0 aliphatic carbocycles. The molecule has 8 heteroatoms. The van der Waals surface area contributed by atoms with Gasteiger partial charge in [-0.25, -0.2) is 9.97 Å². The van der Waals surface area contributed by atoms with Crippen LogP contribution < -0.4 is 10.1 Å². The van der Waals surface area contributed by atoms with Gasteiger partial charge in [0.05, 0.1) is 30.4 Å². The molecule has 6 nitrogen and oxygen atoms in total. The van der Waals surface area contributed by atoms with Crippen LogP contribution in [0.5, 0.6) is 5.75 Å². The van der Waals surface area contributed by atoms with Gasteiger partial charge in [0, 0.05) is 23.6 Å². The Bertz CT molecular complexity index is 1150. The fourth-order valence-corrected chi connectivity index (χ4v) is 4.76. The zero-order chi connectivity index (χ0) is 20.9. The zero-order valence-corrected chi connectivity index (χ0v) is 18.2. The van der Waals surface area contributed by atoms with E-state index in [-0.39, 0.29) is 5.91 Å². The summed E-state index contributed by atoms with van der Waals surface area (Å²) in [5.74, 6) is 1.29. The van der Waals surface area contributed by atoms with Gasteiger partial charge in [0.2, 0.25) is 5.91 Å². The van der Waals surface area contributed by atoms with Gasteiger partial charge >= 0.3 is 0 Å². The van der Waals surface area contributed by atoms with Gasteiger partial charge in [-0.3, -0.25) is 9.36 Å². The van der Waals surface area contributed by atoms with Crippen LogP contribution in [0.25, 0.3) is 16.9 Å². The molecule has 2 heterocycles. The molecule has 0 aliphatic rings. The van der Waals surface area contributed by atoms with Crippen molar-refractivity contribution in [2.75, 3.05) is 12.4 Å². The number of amides is 1. The van der Waals surface area contributed by atoms with Crippen LogP contribution in [-0.2, 0) is 10.5 Å². The molecule has 0 unspecified atom stereocenters. The van der Waals surface area contributed by atoms with E-state index in [1.165, 1.54) is 18.3 Å². The summed E-state index contributed by atoms with van der Waals surface area (Å²) >= 11 is 3.01. The number of para-hydroxylation sites is 2. The molecule has 0 bridgehead atoms. The molecule has 4 aromatic rings. The normalized spacial score (nSPS) is 10.7. The predicted molar refractivity (Wildman–Crippen MR) is 122 cm³/mol.